The van der Waals surface area contributed by atoms with Gasteiger partial charge in [0.1, 0.15) is 5.40 Å². The van der Waals surface area contributed by atoms with Gasteiger partial charge >= 0.3 is 0 Å². The molecule has 0 bridgehead atoms. The van der Waals surface area contributed by atoms with Crippen LogP contribution in [0.4, 0.5) is 5.69 Å². The number of hydrogen-bond donors (Lipinski definition) is 1. The summed E-state index contributed by atoms with van der Waals surface area (Å²) in [7, 11) is -4.76. The van der Waals surface area contributed by atoms with E-state index in [4.69, 9.17) is 14.8 Å². The Morgan fingerprint density at radius 2 is 1.53 bits per heavy atom. The smallest absolute Gasteiger partial charge is 0.204 e. The molecule has 0 aliphatic carbocycles. The lowest BCUT2D eigenvalue weighted by Gasteiger charge is -2.16. The van der Waals surface area contributed by atoms with Crippen molar-refractivity contribution in [1.82, 2.24) is 0 Å². The zero-order chi connectivity index (χ0) is 14.3. The highest BCUT2D eigenvalue weighted by Gasteiger charge is 2.24. The minimum absolute atomic E-state index is 0.345. The molecule has 0 fully saturated rings. The Morgan fingerprint density at radius 1 is 1.05 bits per heavy atom. The highest BCUT2D eigenvalue weighted by Crippen LogP contribution is 2.47. The van der Waals surface area contributed by atoms with Gasteiger partial charge in [0.2, 0.25) is 16.1 Å². The largest absolute Gasteiger partial charge is 0.399 e. The molecule has 0 amide bonds. The highest BCUT2D eigenvalue weighted by atomic mass is 31.2. The summed E-state index contributed by atoms with van der Waals surface area (Å²) in [5.74, 6) is 0. The molecule has 0 radical (unpaired) electrons. The Kier molecular flexibility index (Phi) is 7.40. The average molecular weight is 305 g/mol. The standard InChI is InChI=1S/C12H21NO4P2/c1-3-16-18(14)12(19(15)17-4-2)9-10-5-7-11(13)8-6-10/h5-8,12,18-19H,3-4,9,13H2,1-2H3. The normalized spacial score (nSPS) is 15.9. The molecule has 5 nitrogen and oxygen atoms in total. The van der Waals surface area contributed by atoms with Crippen LogP contribution in [-0.4, -0.2) is 18.6 Å². The molecule has 0 heterocycles. The number of anilines is 1. The minimum atomic E-state index is -2.38. The number of rotatable bonds is 8. The third-order valence-electron chi connectivity index (χ3n) is 2.56. The van der Waals surface area contributed by atoms with E-state index in [0.29, 0.717) is 25.3 Å². The van der Waals surface area contributed by atoms with Crippen LogP contribution in [0.3, 0.4) is 0 Å². The number of benzene rings is 1. The molecule has 0 spiro atoms. The number of nitrogen functional groups attached to an aromatic ring is 1. The van der Waals surface area contributed by atoms with Crippen molar-refractivity contribution in [3.8, 4) is 0 Å². The molecule has 0 aliphatic heterocycles. The summed E-state index contributed by atoms with van der Waals surface area (Å²) in [5.41, 5.74) is 7.20. The van der Waals surface area contributed by atoms with Crippen molar-refractivity contribution in [2.75, 3.05) is 18.9 Å². The molecule has 108 valence electrons. The average Bonchev–Trinajstić information content (AvgIpc) is 2.38. The van der Waals surface area contributed by atoms with Gasteiger partial charge < -0.3 is 14.8 Å². The Bertz CT molecular complexity index is 418. The van der Waals surface area contributed by atoms with E-state index in [2.05, 4.69) is 0 Å². The predicted molar refractivity (Wildman–Crippen MR) is 79.6 cm³/mol. The minimum Gasteiger partial charge on any atom is -0.399 e. The van der Waals surface area contributed by atoms with Gasteiger partial charge in [-0.3, -0.25) is 9.13 Å². The van der Waals surface area contributed by atoms with Crippen molar-refractivity contribution in [2.24, 2.45) is 0 Å². The summed E-state index contributed by atoms with van der Waals surface area (Å²) in [6, 6.07) is 7.21. The molecule has 2 atom stereocenters. The quantitative estimate of drug-likeness (QED) is 0.589. The second kappa shape index (κ2) is 8.55. The molecule has 2 N–H and O–H groups in total. The van der Waals surface area contributed by atoms with Crippen LogP contribution in [0.2, 0.25) is 0 Å². The van der Waals surface area contributed by atoms with Crippen LogP contribution >= 0.6 is 16.1 Å². The predicted octanol–water partition coefficient (Wildman–Crippen LogP) is 3.16. The first-order valence-corrected chi connectivity index (χ1v) is 9.04. The Labute approximate surface area is 115 Å². The first kappa shape index (κ1) is 16.5. The molecule has 1 rings (SSSR count). The van der Waals surface area contributed by atoms with Crippen LogP contribution in [0.15, 0.2) is 24.3 Å². The van der Waals surface area contributed by atoms with Gasteiger partial charge in [-0.05, 0) is 38.0 Å². The van der Waals surface area contributed by atoms with Crippen molar-refractivity contribution in [3.63, 3.8) is 0 Å². The molecule has 1 aromatic carbocycles. The summed E-state index contributed by atoms with van der Waals surface area (Å²) in [4.78, 5) is 0. The molecule has 1 aromatic rings. The third kappa shape index (κ3) is 5.50. The van der Waals surface area contributed by atoms with Crippen LogP contribution in [0, 0.1) is 0 Å². The Hall–Kier alpha value is -0.600. The lowest BCUT2D eigenvalue weighted by atomic mass is 10.1. The Morgan fingerprint density at radius 3 is 1.95 bits per heavy atom. The fourth-order valence-electron chi connectivity index (χ4n) is 1.64. The van der Waals surface area contributed by atoms with Gasteiger partial charge in [0.25, 0.3) is 0 Å². The van der Waals surface area contributed by atoms with Crippen LogP contribution in [0.1, 0.15) is 19.4 Å². The fraction of sp³-hybridized carbons (Fsp3) is 0.500. The van der Waals surface area contributed by atoms with E-state index in [9.17, 15) is 9.13 Å². The maximum atomic E-state index is 12.0. The van der Waals surface area contributed by atoms with Gasteiger partial charge in [0.15, 0.2) is 0 Å². The molecular formula is C12H21NO4P2. The first-order chi connectivity index (χ1) is 9.08. The van der Waals surface area contributed by atoms with E-state index in [1.807, 2.05) is 12.1 Å². The van der Waals surface area contributed by atoms with Crippen LogP contribution in [0.5, 0.6) is 0 Å². The van der Waals surface area contributed by atoms with E-state index in [1.165, 1.54) is 0 Å². The maximum Gasteiger partial charge on any atom is 0.204 e. The SMILES string of the molecule is CCO[PH](=O)C(Cc1ccc(N)cc1)[PH](=O)OCC. The van der Waals surface area contributed by atoms with E-state index in [-0.39, 0.29) is 0 Å². The van der Waals surface area contributed by atoms with E-state index < -0.39 is 21.5 Å². The fourth-order valence-corrected chi connectivity index (χ4v) is 4.68. The first-order valence-electron chi connectivity index (χ1n) is 6.26. The molecule has 2 unspecified atom stereocenters. The molecule has 0 saturated carbocycles. The van der Waals surface area contributed by atoms with Crippen LogP contribution in [-0.2, 0) is 24.6 Å². The maximum absolute atomic E-state index is 12.0. The van der Waals surface area contributed by atoms with E-state index >= 15 is 0 Å². The van der Waals surface area contributed by atoms with Crippen molar-refractivity contribution in [1.29, 1.82) is 0 Å². The topological polar surface area (TPSA) is 78.6 Å². The summed E-state index contributed by atoms with van der Waals surface area (Å²) < 4.78 is 34.3. The molecule has 0 aromatic heterocycles. The summed E-state index contributed by atoms with van der Waals surface area (Å²) in [5, 5.41) is -0.557. The monoisotopic (exact) mass is 305 g/mol. The molecule has 19 heavy (non-hydrogen) atoms. The third-order valence-corrected chi connectivity index (χ3v) is 6.67. The summed E-state index contributed by atoms with van der Waals surface area (Å²) >= 11 is 0. The van der Waals surface area contributed by atoms with Gasteiger partial charge in [0.05, 0.1) is 13.2 Å². The van der Waals surface area contributed by atoms with Crippen molar-refractivity contribution in [2.45, 2.75) is 25.7 Å². The van der Waals surface area contributed by atoms with Crippen LogP contribution < -0.4 is 5.73 Å². The number of nitrogens with two attached hydrogens (primary N) is 1. The molecule has 0 saturated heterocycles. The van der Waals surface area contributed by atoms with Gasteiger partial charge in [0, 0.05) is 5.69 Å². The van der Waals surface area contributed by atoms with Gasteiger partial charge in [-0.1, -0.05) is 12.1 Å². The van der Waals surface area contributed by atoms with Crippen LogP contribution in [0.25, 0.3) is 0 Å². The molecule has 0 aliphatic rings. The lowest BCUT2D eigenvalue weighted by molar-refractivity contribution is 0.333. The van der Waals surface area contributed by atoms with Gasteiger partial charge in [-0.15, -0.1) is 0 Å². The summed E-state index contributed by atoms with van der Waals surface area (Å²) in [6.45, 7) is 4.22. The van der Waals surface area contributed by atoms with Gasteiger partial charge in [-0.2, -0.15) is 0 Å². The molecular weight excluding hydrogens is 284 g/mol. The van der Waals surface area contributed by atoms with E-state index in [0.717, 1.165) is 5.56 Å². The van der Waals surface area contributed by atoms with Gasteiger partial charge in [-0.25, -0.2) is 0 Å². The Balaban J connectivity index is 2.81. The molecule has 7 heteroatoms. The van der Waals surface area contributed by atoms with Crippen molar-refractivity contribution < 1.29 is 18.2 Å². The van der Waals surface area contributed by atoms with Crippen molar-refractivity contribution >= 4 is 21.7 Å². The second-order valence-electron chi connectivity index (χ2n) is 4.00. The highest BCUT2D eigenvalue weighted by molar-refractivity contribution is 7.58. The number of hydrogen-bond acceptors (Lipinski definition) is 5. The zero-order valence-electron chi connectivity index (χ0n) is 11.2. The zero-order valence-corrected chi connectivity index (χ0v) is 13.2. The van der Waals surface area contributed by atoms with E-state index in [1.54, 1.807) is 26.0 Å². The second-order valence-corrected chi connectivity index (χ2v) is 7.83. The summed E-state index contributed by atoms with van der Waals surface area (Å²) in [6.07, 6.45) is 0.413. The lowest BCUT2D eigenvalue weighted by Crippen LogP contribution is -2.05. The van der Waals surface area contributed by atoms with Crippen molar-refractivity contribution in [3.05, 3.63) is 29.8 Å².